The fourth-order valence-corrected chi connectivity index (χ4v) is 3.31. The van der Waals surface area contributed by atoms with Crippen molar-refractivity contribution in [3.8, 4) is 0 Å². The maximum absolute atomic E-state index is 12.8. The van der Waals surface area contributed by atoms with Crippen LogP contribution in [0.2, 0.25) is 0 Å². The molecule has 0 saturated carbocycles. The molecular formula is C17H17N5O2. The first kappa shape index (κ1) is 14.6. The van der Waals surface area contributed by atoms with Crippen LogP contribution >= 0.6 is 0 Å². The van der Waals surface area contributed by atoms with E-state index < -0.39 is 0 Å². The number of aromatic nitrogens is 4. The summed E-state index contributed by atoms with van der Waals surface area (Å²) in [6.07, 6.45) is 5.05. The largest absolute Gasteiger partial charge is 0.339 e. The van der Waals surface area contributed by atoms with Gasteiger partial charge in [-0.3, -0.25) is 9.36 Å². The van der Waals surface area contributed by atoms with Crippen molar-refractivity contribution in [2.75, 3.05) is 18.0 Å². The van der Waals surface area contributed by atoms with Crippen LogP contribution in [0, 0.1) is 0 Å². The number of nitrogens with one attached hydrogen (secondary N) is 1. The second kappa shape index (κ2) is 5.92. The molecule has 4 rings (SSSR count). The Morgan fingerprint density at radius 1 is 1.08 bits per heavy atom. The predicted octanol–water partition coefficient (Wildman–Crippen LogP) is 1.32. The van der Waals surface area contributed by atoms with Crippen molar-refractivity contribution < 1.29 is 0 Å². The van der Waals surface area contributed by atoms with Gasteiger partial charge in [0.2, 0.25) is 5.95 Å². The van der Waals surface area contributed by atoms with Gasteiger partial charge in [0.1, 0.15) is 0 Å². The summed E-state index contributed by atoms with van der Waals surface area (Å²) in [5, 5.41) is 0.533. The normalized spacial score (nSPS) is 18.0. The Bertz CT molecular complexity index is 979. The second-order valence-electron chi connectivity index (χ2n) is 5.94. The lowest BCUT2D eigenvalue weighted by Gasteiger charge is -2.33. The van der Waals surface area contributed by atoms with Crippen LogP contribution in [-0.2, 0) is 0 Å². The summed E-state index contributed by atoms with van der Waals surface area (Å²) in [6, 6.07) is 8.67. The number of anilines is 1. The maximum atomic E-state index is 12.8. The van der Waals surface area contributed by atoms with Crippen molar-refractivity contribution in [2.24, 2.45) is 0 Å². The van der Waals surface area contributed by atoms with E-state index in [1.807, 2.05) is 4.90 Å². The molecule has 1 aliphatic heterocycles. The van der Waals surface area contributed by atoms with Crippen LogP contribution in [-0.4, -0.2) is 32.6 Å². The average molecular weight is 323 g/mol. The second-order valence-corrected chi connectivity index (χ2v) is 5.94. The molecule has 1 atom stereocenters. The molecule has 1 N–H and O–H groups in total. The Balaban J connectivity index is 1.75. The quantitative estimate of drug-likeness (QED) is 0.769. The van der Waals surface area contributed by atoms with Crippen molar-refractivity contribution in [3.63, 3.8) is 0 Å². The monoisotopic (exact) mass is 323 g/mol. The zero-order valence-electron chi connectivity index (χ0n) is 13.1. The lowest BCUT2D eigenvalue weighted by atomic mass is 10.1. The molecule has 7 nitrogen and oxygen atoms in total. The zero-order chi connectivity index (χ0) is 16.5. The third-order valence-electron chi connectivity index (χ3n) is 4.43. The Morgan fingerprint density at radius 2 is 1.88 bits per heavy atom. The van der Waals surface area contributed by atoms with E-state index >= 15 is 0 Å². The molecule has 24 heavy (non-hydrogen) atoms. The van der Waals surface area contributed by atoms with Gasteiger partial charge in [0.25, 0.3) is 5.56 Å². The van der Waals surface area contributed by atoms with E-state index in [2.05, 4.69) is 15.0 Å². The summed E-state index contributed by atoms with van der Waals surface area (Å²) < 4.78 is 1.34. The van der Waals surface area contributed by atoms with Crippen LogP contribution in [0.4, 0.5) is 5.95 Å². The molecule has 0 radical (unpaired) electrons. The minimum absolute atomic E-state index is 0.191. The fourth-order valence-electron chi connectivity index (χ4n) is 3.31. The van der Waals surface area contributed by atoms with Crippen LogP contribution < -0.4 is 16.1 Å². The van der Waals surface area contributed by atoms with Crippen molar-refractivity contribution >= 4 is 16.9 Å². The standard InChI is InChI=1S/C17H17N5O2/c23-15-13-6-1-2-7-14(13)20-17(24)22(15)12-5-3-10-21(11-12)16-18-8-4-9-19-16/h1-2,4,6-9,12H,3,5,10-11H2,(H,20,24)/t12-/m1/s1. The maximum Gasteiger partial charge on any atom is 0.329 e. The van der Waals surface area contributed by atoms with Crippen LogP contribution in [0.25, 0.3) is 10.9 Å². The zero-order valence-corrected chi connectivity index (χ0v) is 13.1. The number of H-pyrrole nitrogens is 1. The third kappa shape index (κ3) is 2.47. The number of hydrogen-bond acceptors (Lipinski definition) is 5. The lowest BCUT2D eigenvalue weighted by Crippen LogP contribution is -2.46. The van der Waals surface area contributed by atoms with E-state index in [1.54, 1.807) is 42.7 Å². The van der Waals surface area contributed by atoms with Gasteiger partial charge < -0.3 is 9.88 Å². The van der Waals surface area contributed by atoms with E-state index in [9.17, 15) is 9.59 Å². The van der Waals surface area contributed by atoms with Gasteiger partial charge in [-0.05, 0) is 31.0 Å². The molecule has 122 valence electrons. The molecule has 1 aromatic carbocycles. The van der Waals surface area contributed by atoms with E-state index in [4.69, 9.17) is 0 Å². The summed E-state index contributed by atoms with van der Waals surface area (Å²) in [5.74, 6) is 0.632. The van der Waals surface area contributed by atoms with Crippen LogP contribution in [0.3, 0.4) is 0 Å². The van der Waals surface area contributed by atoms with E-state index in [0.29, 0.717) is 23.4 Å². The first-order chi connectivity index (χ1) is 11.7. The van der Waals surface area contributed by atoms with E-state index in [0.717, 1.165) is 19.4 Å². The first-order valence-electron chi connectivity index (χ1n) is 7.99. The van der Waals surface area contributed by atoms with Gasteiger partial charge >= 0.3 is 5.69 Å². The molecule has 3 aromatic rings. The Morgan fingerprint density at radius 3 is 2.71 bits per heavy atom. The summed E-state index contributed by atoms with van der Waals surface area (Å²) in [6.45, 7) is 1.37. The minimum atomic E-state index is -0.362. The number of aromatic amines is 1. The van der Waals surface area contributed by atoms with Gasteiger partial charge in [-0.2, -0.15) is 0 Å². The van der Waals surface area contributed by atoms with Gasteiger partial charge in [-0.25, -0.2) is 14.8 Å². The Labute approximate surface area is 137 Å². The number of para-hydroxylation sites is 1. The number of fused-ring (bicyclic) bond motifs is 1. The lowest BCUT2D eigenvalue weighted by molar-refractivity contribution is 0.383. The topological polar surface area (TPSA) is 83.9 Å². The van der Waals surface area contributed by atoms with Crippen molar-refractivity contribution in [3.05, 3.63) is 63.6 Å². The molecule has 0 spiro atoms. The van der Waals surface area contributed by atoms with Crippen LogP contribution in [0.5, 0.6) is 0 Å². The molecular weight excluding hydrogens is 306 g/mol. The summed E-state index contributed by atoms with van der Waals surface area (Å²) in [5.41, 5.74) is -0.0301. The molecule has 1 fully saturated rings. The van der Waals surface area contributed by atoms with Crippen LogP contribution in [0.1, 0.15) is 18.9 Å². The van der Waals surface area contributed by atoms with Gasteiger partial charge in [0.15, 0.2) is 0 Å². The Kier molecular flexibility index (Phi) is 3.60. The smallest absolute Gasteiger partial charge is 0.329 e. The first-order valence-corrected chi connectivity index (χ1v) is 7.99. The molecule has 1 saturated heterocycles. The molecule has 0 bridgehead atoms. The highest BCUT2D eigenvalue weighted by Crippen LogP contribution is 2.22. The van der Waals surface area contributed by atoms with Crippen molar-refractivity contribution in [1.29, 1.82) is 0 Å². The number of piperidine rings is 1. The van der Waals surface area contributed by atoms with E-state index in [1.165, 1.54) is 4.57 Å². The molecule has 1 aliphatic rings. The summed E-state index contributed by atoms with van der Waals surface area (Å²) in [4.78, 5) is 38.6. The van der Waals surface area contributed by atoms with Crippen LogP contribution in [0.15, 0.2) is 52.3 Å². The molecule has 0 unspecified atom stereocenters. The number of benzene rings is 1. The van der Waals surface area contributed by atoms with Gasteiger partial charge in [-0.15, -0.1) is 0 Å². The minimum Gasteiger partial charge on any atom is -0.339 e. The molecule has 7 heteroatoms. The molecule has 0 aliphatic carbocycles. The highest BCUT2D eigenvalue weighted by Gasteiger charge is 2.25. The average Bonchev–Trinajstić information content (AvgIpc) is 2.63. The predicted molar refractivity (Wildman–Crippen MR) is 91.3 cm³/mol. The SMILES string of the molecule is O=c1[nH]c2ccccc2c(=O)n1[C@@H]1CCCN(c2ncccn2)C1. The summed E-state index contributed by atoms with van der Waals surface area (Å²) >= 11 is 0. The van der Waals surface area contributed by atoms with E-state index in [-0.39, 0.29) is 17.3 Å². The third-order valence-corrected chi connectivity index (χ3v) is 4.43. The highest BCUT2D eigenvalue weighted by atomic mass is 16.2. The van der Waals surface area contributed by atoms with Crippen molar-refractivity contribution in [1.82, 2.24) is 19.5 Å². The van der Waals surface area contributed by atoms with Gasteiger partial charge in [0.05, 0.1) is 16.9 Å². The van der Waals surface area contributed by atoms with Crippen molar-refractivity contribution in [2.45, 2.75) is 18.9 Å². The fraction of sp³-hybridized carbons (Fsp3) is 0.294. The van der Waals surface area contributed by atoms with Gasteiger partial charge in [-0.1, -0.05) is 12.1 Å². The molecule has 3 heterocycles. The highest BCUT2D eigenvalue weighted by molar-refractivity contribution is 5.76. The molecule has 0 amide bonds. The molecule has 2 aromatic heterocycles. The van der Waals surface area contributed by atoms with Gasteiger partial charge in [0, 0.05) is 25.5 Å². The Hall–Kier alpha value is -2.96. The summed E-state index contributed by atoms with van der Waals surface area (Å²) in [7, 11) is 0. The number of nitrogens with zero attached hydrogens (tertiary/aromatic N) is 4. The number of hydrogen-bond donors (Lipinski definition) is 1. The number of rotatable bonds is 2.